The van der Waals surface area contributed by atoms with Crippen LogP contribution in [0.3, 0.4) is 0 Å². The van der Waals surface area contributed by atoms with Crippen molar-refractivity contribution in [2.45, 2.75) is 43.9 Å². The predicted octanol–water partition coefficient (Wildman–Crippen LogP) is 9.67. The van der Waals surface area contributed by atoms with Crippen LogP contribution in [-0.2, 0) is 24.7 Å². The molecule has 0 saturated carbocycles. The second kappa shape index (κ2) is 7.79. The van der Waals surface area contributed by atoms with E-state index in [-0.39, 0.29) is 5.41 Å². The van der Waals surface area contributed by atoms with E-state index in [1.54, 1.807) is 0 Å². The van der Waals surface area contributed by atoms with Crippen LogP contribution in [0.5, 0.6) is 0 Å². The van der Waals surface area contributed by atoms with Gasteiger partial charge in [0.15, 0.2) is 5.58 Å². The van der Waals surface area contributed by atoms with Crippen LogP contribution in [0.25, 0.3) is 49.7 Å². The van der Waals surface area contributed by atoms with Gasteiger partial charge in [-0.1, -0.05) is 78.9 Å². The van der Waals surface area contributed by atoms with E-state index in [9.17, 15) is 0 Å². The van der Waals surface area contributed by atoms with Crippen LogP contribution in [0, 0.1) is 0 Å². The van der Waals surface area contributed by atoms with Gasteiger partial charge >= 0.3 is 0 Å². The van der Waals surface area contributed by atoms with Crippen molar-refractivity contribution in [2.75, 3.05) is 0 Å². The molecule has 1 atom stereocenters. The van der Waals surface area contributed by atoms with Crippen LogP contribution in [-0.4, -0.2) is 4.57 Å². The zero-order valence-corrected chi connectivity index (χ0v) is 22.9. The average Bonchev–Trinajstić information content (AvgIpc) is 3.76. The molecule has 1 unspecified atom stereocenters. The van der Waals surface area contributed by atoms with Crippen LogP contribution in [0.2, 0.25) is 0 Å². The Balaban J connectivity index is 1.34. The van der Waals surface area contributed by atoms with Crippen LogP contribution < -0.4 is 0 Å². The minimum absolute atomic E-state index is 0.0856. The molecular weight excluding hydrogens is 498 g/mol. The number of aromatic nitrogens is 1. The first-order chi connectivity index (χ1) is 20.3. The molecule has 3 aliphatic carbocycles. The summed E-state index contributed by atoms with van der Waals surface area (Å²) in [6.45, 7) is 0. The Bertz CT molecular complexity index is 2230. The second-order valence-corrected chi connectivity index (χ2v) is 12.2. The van der Waals surface area contributed by atoms with E-state index in [2.05, 4.69) is 108 Å². The molecule has 5 aromatic carbocycles. The third-order valence-corrected chi connectivity index (χ3v) is 10.4. The normalized spacial score (nSPS) is 18.7. The largest absolute Gasteiger partial charge is 0.454 e. The SMILES string of the molecule is c1ccc2c(c1)CCC21c2ccccc2-c2cc3c4c(n(-c5cccc6c5oc5ccccc56)c3cc21)CCCC4. The molecule has 2 aromatic heterocycles. The molecule has 7 aromatic rings. The van der Waals surface area contributed by atoms with Crippen molar-refractivity contribution in [3.05, 3.63) is 137 Å². The van der Waals surface area contributed by atoms with Gasteiger partial charge in [0.25, 0.3) is 0 Å². The van der Waals surface area contributed by atoms with Crippen LogP contribution >= 0.6 is 0 Å². The van der Waals surface area contributed by atoms with Gasteiger partial charge in [-0.15, -0.1) is 0 Å². The molecule has 196 valence electrons. The summed E-state index contributed by atoms with van der Waals surface area (Å²) < 4.78 is 9.19. The number of para-hydroxylation sites is 2. The molecule has 2 nitrogen and oxygen atoms in total. The monoisotopic (exact) mass is 527 g/mol. The number of fused-ring (bicyclic) bond motifs is 13. The number of aryl methyl sites for hydroxylation is 2. The van der Waals surface area contributed by atoms with Gasteiger partial charge in [0.1, 0.15) is 5.58 Å². The summed E-state index contributed by atoms with van der Waals surface area (Å²) in [6, 6.07) is 38.6. The van der Waals surface area contributed by atoms with Crippen molar-refractivity contribution in [3.63, 3.8) is 0 Å². The molecule has 0 fully saturated rings. The maximum Gasteiger partial charge on any atom is 0.159 e. The first kappa shape index (κ1) is 22.2. The topological polar surface area (TPSA) is 18.1 Å². The van der Waals surface area contributed by atoms with Crippen LogP contribution in [0.1, 0.15) is 52.8 Å². The van der Waals surface area contributed by atoms with Crippen molar-refractivity contribution < 1.29 is 4.42 Å². The first-order valence-electron chi connectivity index (χ1n) is 15.1. The minimum atomic E-state index is -0.0856. The Morgan fingerprint density at radius 2 is 1.41 bits per heavy atom. The highest BCUT2D eigenvalue weighted by molar-refractivity contribution is 6.08. The van der Waals surface area contributed by atoms with Crippen molar-refractivity contribution >= 4 is 32.8 Å². The highest BCUT2D eigenvalue weighted by atomic mass is 16.3. The lowest BCUT2D eigenvalue weighted by atomic mass is 9.73. The molecule has 3 aliphatic rings. The number of hydrogen-bond acceptors (Lipinski definition) is 1. The van der Waals surface area contributed by atoms with Crippen molar-refractivity contribution in [1.82, 2.24) is 4.57 Å². The van der Waals surface area contributed by atoms with Gasteiger partial charge in [-0.3, -0.25) is 0 Å². The zero-order valence-electron chi connectivity index (χ0n) is 22.9. The summed E-state index contributed by atoms with van der Waals surface area (Å²) in [5, 5.41) is 3.80. The van der Waals surface area contributed by atoms with Crippen LogP contribution in [0.15, 0.2) is 108 Å². The zero-order chi connectivity index (χ0) is 26.7. The molecule has 0 bridgehead atoms. The lowest BCUT2D eigenvalue weighted by Gasteiger charge is -2.28. The molecule has 0 N–H and O–H groups in total. The van der Waals surface area contributed by atoms with Gasteiger partial charge in [-0.25, -0.2) is 0 Å². The van der Waals surface area contributed by atoms with E-state index in [1.807, 2.05) is 0 Å². The summed E-state index contributed by atoms with van der Waals surface area (Å²) >= 11 is 0. The number of benzene rings is 5. The third kappa shape index (κ3) is 2.69. The fourth-order valence-electron chi connectivity index (χ4n) is 8.75. The highest BCUT2D eigenvalue weighted by Crippen LogP contribution is 2.59. The molecular formula is C39H29NO. The molecule has 2 heterocycles. The fourth-order valence-corrected chi connectivity index (χ4v) is 8.75. The van der Waals surface area contributed by atoms with E-state index in [1.165, 1.54) is 84.8 Å². The van der Waals surface area contributed by atoms with Gasteiger partial charge in [0.05, 0.1) is 11.2 Å². The summed E-state index contributed by atoms with van der Waals surface area (Å²) in [5.74, 6) is 0. The maximum atomic E-state index is 6.61. The molecule has 41 heavy (non-hydrogen) atoms. The minimum Gasteiger partial charge on any atom is -0.454 e. The summed E-state index contributed by atoms with van der Waals surface area (Å²) in [4.78, 5) is 0. The molecule has 0 saturated heterocycles. The Labute approximate surface area is 238 Å². The van der Waals surface area contributed by atoms with Gasteiger partial charge in [-0.05, 0) is 102 Å². The molecule has 0 radical (unpaired) electrons. The van der Waals surface area contributed by atoms with Crippen molar-refractivity contribution in [2.24, 2.45) is 0 Å². The first-order valence-corrected chi connectivity index (χ1v) is 15.1. The van der Waals surface area contributed by atoms with Gasteiger partial charge in [0.2, 0.25) is 0 Å². The number of rotatable bonds is 1. The average molecular weight is 528 g/mol. The number of nitrogens with zero attached hydrogens (tertiary/aromatic N) is 1. The van der Waals surface area contributed by atoms with Gasteiger partial charge in [0, 0.05) is 27.3 Å². The van der Waals surface area contributed by atoms with Crippen molar-refractivity contribution in [3.8, 4) is 16.8 Å². The smallest absolute Gasteiger partial charge is 0.159 e. The molecule has 1 spiro atoms. The summed E-state index contributed by atoms with van der Waals surface area (Å²) in [5.41, 5.74) is 16.2. The van der Waals surface area contributed by atoms with E-state index in [0.29, 0.717) is 0 Å². The molecule has 0 amide bonds. The second-order valence-electron chi connectivity index (χ2n) is 12.2. The number of furan rings is 1. The fraction of sp³-hybridized carbons (Fsp3) is 0.179. The highest BCUT2D eigenvalue weighted by Gasteiger charge is 2.48. The summed E-state index contributed by atoms with van der Waals surface area (Å²) in [6.07, 6.45) is 6.99. The van der Waals surface area contributed by atoms with E-state index < -0.39 is 0 Å². The van der Waals surface area contributed by atoms with E-state index >= 15 is 0 Å². The van der Waals surface area contributed by atoms with E-state index in [0.717, 1.165) is 36.8 Å². The Morgan fingerprint density at radius 1 is 0.610 bits per heavy atom. The summed E-state index contributed by atoms with van der Waals surface area (Å²) in [7, 11) is 0. The lowest BCUT2D eigenvalue weighted by molar-refractivity contribution is 0.626. The Kier molecular flexibility index (Phi) is 4.21. The van der Waals surface area contributed by atoms with Gasteiger partial charge < -0.3 is 8.98 Å². The Hall–Kier alpha value is -4.56. The molecule has 10 rings (SSSR count). The third-order valence-electron chi connectivity index (χ3n) is 10.4. The standard InChI is InChI=1S/C39H29NO/c1-5-15-31-24(10-1)20-21-39(31)32-16-6-2-11-25(32)29-22-30-26-12-3-7-17-34(26)40(36(30)23-33(29)39)35-18-9-14-28-27-13-4-8-19-37(27)41-38(28)35/h1-2,4-6,8-11,13-16,18-19,22-23H,3,7,12,17,20-21H2. The molecule has 2 heteroatoms. The predicted molar refractivity (Wildman–Crippen MR) is 167 cm³/mol. The van der Waals surface area contributed by atoms with E-state index in [4.69, 9.17) is 4.42 Å². The van der Waals surface area contributed by atoms with Crippen LogP contribution in [0.4, 0.5) is 0 Å². The van der Waals surface area contributed by atoms with Crippen molar-refractivity contribution in [1.29, 1.82) is 0 Å². The molecule has 0 aliphatic heterocycles. The number of hydrogen-bond donors (Lipinski definition) is 0. The van der Waals surface area contributed by atoms with Gasteiger partial charge in [-0.2, -0.15) is 0 Å². The Morgan fingerprint density at radius 3 is 2.39 bits per heavy atom. The lowest BCUT2D eigenvalue weighted by Crippen LogP contribution is -2.23. The quantitative estimate of drug-likeness (QED) is 0.208. The maximum absolute atomic E-state index is 6.61.